The van der Waals surface area contributed by atoms with E-state index in [4.69, 9.17) is 16.3 Å². The monoisotopic (exact) mass is 260 g/mol. The molecule has 1 N–H and O–H groups in total. The third-order valence-corrected chi connectivity index (χ3v) is 2.79. The van der Waals surface area contributed by atoms with Crippen LogP contribution in [0.5, 0.6) is 5.75 Å². The minimum Gasteiger partial charge on any atom is -0.495 e. The zero-order chi connectivity index (χ0) is 12.8. The Morgan fingerprint density at radius 3 is 2.61 bits per heavy atom. The zero-order valence-electron chi connectivity index (χ0n) is 9.93. The number of hydrazone groups is 1. The molecule has 0 aliphatic rings. The molecule has 0 radical (unpaired) electrons. The van der Waals surface area contributed by atoms with Crippen molar-refractivity contribution in [3.05, 3.63) is 59.1 Å². The number of para-hydroxylation sites is 1. The van der Waals surface area contributed by atoms with Crippen LogP contribution < -0.4 is 10.2 Å². The van der Waals surface area contributed by atoms with Crippen LogP contribution in [0.15, 0.2) is 53.6 Å². The van der Waals surface area contributed by atoms with E-state index >= 15 is 0 Å². The smallest absolute Gasteiger partial charge is 0.138 e. The van der Waals surface area contributed by atoms with Crippen LogP contribution in [0.3, 0.4) is 0 Å². The molecule has 0 heterocycles. The second-order valence-electron chi connectivity index (χ2n) is 3.60. The summed E-state index contributed by atoms with van der Waals surface area (Å²) in [7, 11) is 1.59. The van der Waals surface area contributed by atoms with Crippen molar-refractivity contribution in [2.75, 3.05) is 12.5 Å². The fraction of sp³-hybridized carbons (Fsp3) is 0.0714. The van der Waals surface area contributed by atoms with Crippen LogP contribution in [0, 0.1) is 0 Å². The van der Waals surface area contributed by atoms with Crippen LogP contribution in [0.25, 0.3) is 0 Å². The summed E-state index contributed by atoms with van der Waals surface area (Å²) >= 11 is 6.15. The molecule has 0 aliphatic heterocycles. The summed E-state index contributed by atoms with van der Waals surface area (Å²) in [5.41, 5.74) is 4.66. The molecule has 0 saturated carbocycles. The van der Waals surface area contributed by atoms with Crippen LogP contribution >= 0.6 is 11.6 Å². The average Bonchev–Trinajstić information content (AvgIpc) is 2.42. The Morgan fingerprint density at radius 2 is 1.89 bits per heavy atom. The lowest BCUT2D eigenvalue weighted by molar-refractivity contribution is 0.415. The van der Waals surface area contributed by atoms with Crippen LogP contribution in [0.1, 0.15) is 5.56 Å². The van der Waals surface area contributed by atoms with E-state index in [0.717, 1.165) is 11.3 Å². The van der Waals surface area contributed by atoms with Crippen molar-refractivity contribution in [1.29, 1.82) is 0 Å². The van der Waals surface area contributed by atoms with Gasteiger partial charge in [0.2, 0.25) is 0 Å². The molecule has 2 aromatic rings. The normalized spacial score (nSPS) is 10.6. The maximum atomic E-state index is 6.15. The Morgan fingerprint density at radius 1 is 1.11 bits per heavy atom. The van der Waals surface area contributed by atoms with E-state index in [2.05, 4.69) is 10.5 Å². The number of anilines is 1. The molecule has 2 aromatic carbocycles. The van der Waals surface area contributed by atoms with E-state index in [-0.39, 0.29) is 0 Å². The Bertz CT molecular complexity index is 541. The van der Waals surface area contributed by atoms with Gasteiger partial charge in [-0.2, -0.15) is 5.10 Å². The number of methoxy groups -OCH3 is 1. The number of hydrogen-bond acceptors (Lipinski definition) is 3. The number of hydrogen-bond donors (Lipinski definition) is 1. The van der Waals surface area contributed by atoms with Gasteiger partial charge in [-0.1, -0.05) is 41.9 Å². The molecule has 0 amide bonds. The number of nitrogens with zero attached hydrogens (tertiary/aromatic N) is 1. The number of nitrogens with one attached hydrogen (secondary N) is 1. The summed E-state index contributed by atoms with van der Waals surface area (Å²) in [6.45, 7) is 0. The lowest BCUT2D eigenvalue weighted by Crippen LogP contribution is -1.92. The van der Waals surface area contributed by atoms with Crippen LogP contribution in [-0.2, 0) is 0 Å². The molecule has 2 rings (SSSR count). The minimum atomic E-state index is 0.554. The van der Waals surface area contributed by atoms with E-state index in [1.165, 1.54) is 0 Å². The highest BCUT2D eigenvalue weighted by atomic mass is 35.5. The lowest BCUT2D eigenvalue weighted by Gasteiger charge is -2.04. The molecule has 92 valence electrons. The van der Waals surface area contributed by atoms with Crippen LogP contribution in [-0.4, -0.2) is 13.3 Å². The average molecular weight is 261 g/mol. The number of halogens is 1. The molecule has 3 nitrogen and oxygen atoms in total. The van der Waals surface area contributed by atoms with Gasteiger partial charge in [0.25, 0.3) is 0 Å². The lowest BCUT2D eigenvalue weighted by atomic mass is 10.2. The highest BCUT2D eigenvalue weighted by molar-refractivity contribution is 6.34. The van der Waals surface area contributed by atoms with Gasteiger partial charge in [-0.3, -0.25) is 5.43 Å². The van der Waals surface area contributed by atoms with Crippen LogP contribution in [0.4, 0.5) is 5.69 Å². The van der Waals surface area contributed by atoms with Gasteiger partial charge < -0.3 is 4.74 Å². The quantitative estimate of drug-likeness (QED) is 0.670. The Labute approximate surface area is 111 Å². The van der Waals surface area contributed by atoms with Crippen molar-refractivity contribution in [3.8, 4) is 5.75 Å². The van der Waals surface area contributed by atoms with Crippen molar-refractivity contribution in [1.82, 2.24) is 0 Å². The topological polar surface area (TPSA) is 33.6 Å². The maximum Gasteiger partial charge on any atom is 0.138 e. The molecule has 0 spiro atoms. The molecule has 0 aromatic heterocycles. The SMILES string of the molecule is COc1cccc(C=NNc2ccccc2)c1Cl. The Hall–Kier alpha value is -2.00. The third-order valence-electron chi connectivity index (χ3n) is 2.38. The van der Waals surface area contributed by atoms with E-state index in [1.54, 1.807) is 13.3 Å². The summed E-state index contributed by atoms with van der Waals surface area (Å²) in [6, 6.07) is 15.3. The first-order valence-electron chi connectivity index (χ1n) is 5.48. The van der Waals surface area contributed by atoms with Crippen LogP contribution in [0.2, 0.25) is 5.02 Å². The van der Waals surface area contributed by atoms with Gasteiger partial charge in [0, 0.05) is 5.56 Å². The predicted molar refractivity (Wildman–Crippen MR) is 75.7 cm³/mol. The molecule has 4 heteroatoms. The second kappa shape index (κ2) is 6.07. The Balaban J connectivity index is 2.10. The predicted octanol–water partition coefficient (Wildman–Crippen LogP) is 3.79. The number of rotatable bonds is 4. The van der Waals surface area contributed by atoms with Gasteiger partial charge in [-0.25, -0.2) is 0 Å². The third kappa shape index (κ3) is 3.02. The standard InChI is InChI=1S/C14H13ClN2O/c1-18-13-9-5-6-11(14(13)15)10-16-17-12-7-3-2-4-8-12/h2-10,17H,1H3. The van der Waals surface area contributed by atoms with E-state index in [0.29, 0.717) is 10.8 Å². The summed E-state index contributed by atoms with van der Waals surface area (Å²) in [4.78, 5) is 0. The first kappa shape index (κ1) is 12.5. The molecule has 0 aliphatic carbocycles. The number of benzene rings is 2. The zero-order valence-corrected chi connectivity index (χ0v) is 10.7. The first-order valence-corrected chi connectivity index (χ1v) is 5.85. The first-order chi connectivity index (χ1) is 8.81. The van der Waals surface area contributed by atoms with Gasteiger partial charge in [-0.15, -0.1) is 0 Å². The summed E-state index contributed by atoms with van der Waals surface area (Å²) < 4.78 is 5.14. The highest BCUT2D eigenvalue weighted by Gasteiger charge is 2.03. The summed E-state index contributed by atoms with van der Waals surface area (Å²) in [5, 5.41) is 4.69. The van der Waals surface area contributed by atoms with Crippen molar-refractivity contribution < 1.29 is 4.74 Å². The van der Waals surface area contributed by atoms with Crippen molar-refractivity contribution in [2.24, 2.45) is 5.10 Å². The molecular weight excluding hydrogens is 248 g/mol. The molecule has 18 heavy (non-hydrogen) atoms. The van der Waals surface area contributed by atoms with Crippen molar-refractivity contribution >= 4 is 23.5 Å². The van der Waals surface area contributed by atoms with Crippen molar-refractivity contribution in [3.63, 3.8) is 0 Å². The Kier molecular flexibility index (Phi) is 4.20. The minimum absolute atomic E-state index is 0.554. The van der Waals surface area contributed by atoms with Crippen molar-refractivity contribution in [2.45, 2.75) is 0 Å². The molecule has 0 bridgehead atoms. The van der Waals surface area contributed by atoms with Gasteiger partial charge in [-0.05, 0) is 18.2 Å². The van der Waals surface area contributed by atoms with Gasteiger partial charge >= 0.3 is 0 Å². The van der Waals surface area contributed by atoms with Gasteiger partial charge in [0.15, 0.2) is 0 Å². The molecule has 0 atom stereocenters. The summed E-state index contributed by atoms with van der Waals surface area (Å²) in [6.07, 6.45) is 1.66. The van der Waals surface area contributed by atoms with Gasteiger partial charge in [0.05, 0.1) is 24.0 Å². The highest BCUT2D eigenvalue weighted by Crippen LogP contribution is 2.26. The number of ether oxygens (including phenoxy) is 1. The molecule has 0 saturated heterocycles. The fourth-order valence-electron chi connectivity index (χ4n) is 1.47. The van der Waals surface area contributed by atoms with E-state index in [9.17, 15) is 0 Å². The second-order valence-corrected chi connectivity index (χ2v) is 3.98. The molecule has 0 fully saturated rings. The molecule has 0 unspecified atom stereocenters. The van der Waals surface area contributed by atoms with E-state index < -0.39 is 0 Å². The largest absolute Gasteiger partial charge is 0.495 e. The molecular formula is C14H13ClN2O. The summed E-state index contributed by atoms with van der Waals surface area (Å²) in [5.74, 6) is 0.639. The van der Waals surface area contributed by atoms with Gasteiger partial charge in [0.1, 0.15) is 5.75 Å². The van der Waals surface area contributed by atoms with E-state index in [1.807, 2.05) is 48.5 Å². The fourth-order valence-corrected chi connectivity index (χ4v) is 1.73. The maximum absolute atomic E-state index is 6.15.